The second-order valence-corrected chi connectivity index (χ2v) is 7.21. The first-order chi connectivity index (χ1) is 10.9. The zero-order valence-electron chi connectivity index (χ0n) is 14.1. The minimum absolute atomic E-state index is 0.184. The van der Waals surface area contributed by atoms with E-state index in [1.807, 2.05) is 9.58 Å². The van der Waals surface area contributed by atoms with Crippen molar-refractivity contribution >= 4 is 11.9 Å². The van der Waals surface area contributed by atoms with Crippen LogP contribution in [0.4, 0.5) is 0 Å². The van der Waals surface area contributed by atoms with Crippen molar-refractivity contribution in [2.24, 2.45) is 11.3 Å². The van der Waals surface area contributed by atoms with Gasteiger partial charge in [0.15, 0.2) is 0 Å². The fourth-order valence-electron chi connectivity index (χ4n) is 3.74. The highest BCUT2D eigenvalue weighted by molar-refractivity contribution is 5.88. The van der Waals surface area contributed by atoms with Gasteiger partial charge in [0.05, 0.1) is 17.9 Å². The second-order valence-electron chi connectivity index (χ2n) is 7.21. The van der Waals surface area contributed by atoms with Crippen LogP contribution in [-0.4, -0.2) is 44.8 Å². The van der Waals surface area contributed by atoms with Gasteiger partial charge in [0.2, 0.25) is 5.91 Å². The lowest BCUT2D eigenvalue weighted by Gasteiger charge is -2.33. The molecule has 3 rings (SSSR count). The van der Waals surface area contributed by atoms with Gasteiger partial charge in [-0.05, 0) is 38.0 Å². The molecule has 0 bridgehead atoms. The van der Waals surface area contributed by atoms with Crippen LogP contribution in [0.1, 0.15) is 61.6 Å². The summed E-state index contributed by atoms with van der Waals surface area (Å²) in [6.45, 7) is 7.62. The molecular formula is C17H25N3O3. The number of aromatic nitrogens is 2. The first-order valence-corrected chi connectivity index (χ1v) is 8.43. The third kappa shape index (κ3) is 2.75. The van der Waals surface area contributed by atoms with Gasteiger partial charge in [0.25, 0.3) is 0 Å². The summed E-state index contributed by atoms with van der Waals surface area (Å²) in [5.41, 5.74) is 1.17. The fraction of sp³-hybridized carbons (Fsp3) is 0.706. The first-order valence-electron chi connectivity index (χ1n) is 8.43. The molecule has 2 unspecified atom stereocenters. The number of likely N-dealkylation sites (tertiary alicyclic amines) is 1. The lowest BCUT2D eigenvalue weighted by molar-refractivity contribution is -0.134. The Morgan fingerprint density at radius 3 is 2.52 bits per heavy atom. The van der Waals surface area contributed by atoms with Gasteiger partial charge >= 0.3 is 5.97 Å². The molecule has 1 saturated carbocycles. The van der Waals surface area contributed by atoms with Gasteiger partial charge in [0, 0.05) is 19.0 Å². The van der Waals surface area contributed by atoms with Crippen molar-refractivity contribution in [1.82, 2.24) is 14.7 Å². The van der Waals surface area contributed by atoms with Gasteiger partial charge in [-0.15, -0.1) is 0 Å². The SMILES string of the molecule is CCC1(C)CC1C(=O)N1CCC(n2ncc(C(=O)O)c2C)CC1. The van der Waals surface area contributed by atoms with E-state index in [0.717, 1.165) is 38.8 Å². The van der Waals surface area contributed by atoms with Gasteiger partial charge in [-0.3, -0.25) is 9.48 Å². The monoisotopic (exact) mass is 319 g/mol. The molecule has 2 atom stereocenters. The largest absolute Gasteiger partial charge is 0.478 e. The summed E-state index contributed by atoms with van der Waals surface area (Å²) < 4.78 is 1.82. The van der Waals surface area contributed by atoms with Crippen LogP contribution in [0.3, 0.4) is 0 Å². The van der Waals surface area contributed by atoms with Gasteiger partial charge in [-0.2, -0.15) is 5.10 Å². The number of aromatic carboxylic acids is 1. The number of carbonyl (C=O) groups is 2. The quantitative estimate of drug-likeness (QED) is 0.925. The summed E-state index contributed by atoms with van der Waals surface area (Å²) in [5.74, 6) is -0.431. The third-order valence-electron chi connectivity index (χ3n) is 5.85. The smallest absolute Gasteiger partial charge is 0.339 e. The first kappa shape index (κ1) is 16.0. The molecule has 6 nitrogen and oxygen atoms in total. The zero-order valence-corrected chi connectivity index (χ0v) is 14.1. The third-order valence-corrected chi connectivity index (χ3v) is 5.85. The fourth-order valence-corrected chi connectivity index (χ4v) is 3.74. The molecule has 2 heterocycles. The van der Waals surface area contributed by atoms with E-state index in [1.54, 1.807) is 6.92 Å². The van der Waals surface area contributed by atoms with Crippen molar-refractivity contribution in [2.45, 2.75) is 52.5 Å². The number of piperidine rings is 1. The van der Waals surface area contributed by atoms with E-state index in [4.69, 9.17) is 5.11 Å². The molecular weight excluding hydrogens is 294 g/mol. The second kappa shape index (κ2) is 5.65. The van der Waals surface area contributed by atoms with Gasteiger partial charge < -0.3 is 10.0 Å². The van der Waals surface area contributed by atoms with Crippen LogP contribution < -0.4 is 0 Å². The molecule has 1 saturated heterocycles. The van der Waals surface area contributed by atoms with Gasteiger partial charge in [-0.1, -0.05) is 13.8 Å². The van der Waals surface area contributed by atoms with Crippen LogP contribution in [0, 0.1) is 18.3 Å². The molecule has 0 aromatic carbocycles. The average molecular weight is 319 g/mol. The predicted octanol–water partition coefficient (Wildman–Crippen LogP) is 2.49. The van der Waals surface area contributed by atoms with Gasteiger partial charge in [-0.25, -0.2) is 4.79 Å². The molecule has 1 aliphatic heterocycles. The lowest BCUT2D eigenvalue weighted by Crippen LogP contribution is -2.40. The summed E-state index contributed by atoms with van der Waals surface area (Å²) in [6, 6.07) is 0.184. The molecule has 1 aromatic rings. The molecule has 6 heteroatoms. The summed E-state index contributed by atoms with van der Waals surface area (Å²) in [6.07, 6.45) is 5.17. The molecule has 1 aliphatic carbocycles. The Labute approximate surface area is 136 Å². The zero-order chi connectivity index (χ0) is 16.8. The Morgan fingerprint density at radius 1 is 1.39 bits per heavy atom. The number of carbonyl (C=O) groups excluding carboxylic acids is 1. The van der Waals surface area contributed by atoms with Crippen molar-refractivity contribution in [3.05, 3.63) is 17.5 Å². The molecule has 0 radical (unpaired) electrons. The number of hydrogen-bond acceptors (Lipinski definition) is 3. The van der Waals surface area contributed by atoms with Crippen LogP contribution in [0.2, 0.25) is 0 Å². The minimum atomic E-state index is -0.936. The number of carboxylic acids is 1. The summed E-state index contributed by atoms with van der Waals surface area (Å²) >= 11 is 0. The molecule has 1 amide bonds. The molecule has 126 valence electrons. The van der Waals surface area contributed by atoms with E-state index in [9.17, 15) is 9.59 Å². The maximum absolute atomic E-state index is 12.6. The summed E-state index contributed by atoms with van der Waals surface area (Å²) in [5, 5.41) is 13.4. The van der Waals surface area contributed by atoms with E-state index in [2.05, 4.69) is 18.9 Å². The molecule has 23 heavy (non-hydrogen) atoms. The highest BCUT2D eigenvalue weighted by Gasteiger charge is 2.54. The average Bonchev–Trinajstić information content (AvgIpc) is 3.07. The molecule has 1 N–H and O–H groups in total. The van der Waals surface area contributed by atoms with Crippen molar-refractivity contribution in [2.75, 3.05) is 13.1 Å². The van der Waals surface area contributed by atoms with Crippen molar-refractivity contribution in [3.63, 3.8) is 0 Å². The highest BCUT2D eigenvalue weighted by Crippen LogP contribution is 2.55. The molecule has 2 fully saturated rings. The van der Waals surface area contributed by atoms with Crippen LogP contribution in [0.25, 0.3) is 0 Å². The van der Waals surface area contributed by atoms with Crippen molar-refractivity contribution in [3.8, 4) is 0 Å². The Bertz CT molecular complexity index is 631. The lowest BCUT2D eigenvalue weighted by atomic mass is 10.0. The van der Waals surface area contributed by atoms with E-state index < -0.39 is 5.97 Å². The van der Waals surface area contributed by atoms with E-state index in [1.165, 1.54) is 6.20 Å². The Hall–Kier alpha value is -1.85. The van der Waals surface area contributed by atoms with E-state index >= 15 is 0 Å². The van der Waals surface area contributed by atoms with E-state index in [-0.39, 0.29) is 22.9 Å². The van der Waals surface area contributed by atoms with Crippen molar-refractivity contribution in [1.29, 1.82) is 0 Å². The Balaban J connectivity index is 1.61. The number of amides is 1. The summed E-state index contributed by atoms with van der Waals surface area (Å²) in [4.78, 5) is 25.7. The Kier molecular flexibility index (Phi) is 3.94. The van der Waals surface area contributed by atoms with Gasteiger partial charge in [0.1, 0.15) is 5.56 Å². The van der Waals surface area contributed by atoms with Crippen LogP contribution in [0.5, 0.6) is 0 Å². The predicted molar refractivity (Wildman–Crippen MR) is 85.3 cm³/mol. The summed E-state index contributed by atoms with van der Waals surface area (Å²) in [7, 11) is 0. The number of hydrogen-bond donors (Lipinski definition) is 1. The number of nitrogens with zero attached hydrogens (tertiary/aromatic N) is 3. The maximum Gasteiger partial charge on any atom is 0.339 e. The Morgan fingerprint density at radius 2 is 2.04 bits per heavy atom. The standard InChI is InChI=1S/C17H25N3O3/c1-4-17(3)9-14(17)15(21)19-7-5-12(6-8-19)20-11(2)13(10-18-20)16(22)23/h10,12,14H,4-9H2,1-3H3,(H,22,23). The molecule has 1 aromatic heterocycles. The van der Waals surface area contributed by atoms with Crippen molar-refractivity contribution < 1.29 is 14.7 Å². The molecule has 2 aliphatic rings. The highest BCUT2D eigenvalue weighted by atomic mass is 16.4. The minimum Gasteiger partial charge on any atom is -0.478 e. The normalized spacial score (nSPS) is 28.0. The number of rotatable bonds is 4. The molecule has 0 spiro atoms. The topological polar surface area (TPSA) is 75.4 Å². The van der Waals surface area contributed by atoms with E-state index in [0.29, 0.717) is 11.6 Å². The van der Waals surface area contributed by atoms with Crippen LogP contribution in [0.15, 0.2) is 6.20 Å². The van der Waals surface area contributed by atoms with Crippen LogP contribution >= 0.6 is 0 Å². The maximum atomic E-state index is 12.6. The number of carboxylic acid groups (broad SMARTS) is 1. The van der Waals surface area contributed by atoms with Crippen LogP contribution in [-0.2, 0) is 4.79 Å².